The predicted molar refractivity (Wildman–Crippen MR) is 77.5 cm³/mol. The highest BCUT2D eigenvalue weighted by molar-refractivity contribution is 7.99. The molecule has 4 nitrogen and oxygen atoms in total. The van der Waals surface area contributed by atoms with Crippen molar-refractivity contribution in [3.8, 4) is 0 Å². The van der Waals surface area contributed by atoms with Gasteiger partial charge in [0.25, 0.3) is 0 Å². The smallest absolute Gasteiger partial charge is 0.238 e. The molecule has 0 atom stereocenters. The number of rotatable bonds is 3. The van der Waals surface area contributed by atoms with Crippen molar-refractivity contribution in [2.45, 2.75) is 21.6 Å². The zero-order chi connectivity index (χ0) is 14.0. The summed E-state index contributed by atoms with van der Waals surface area (Å²) in [5.41, 5.74) is 7.22. The van der Waals surface area contributed by atoms with Gasteiger partial charge in [0, 0.05) is 15.5 Å². The number of benzene rings is 2. The van der Waals surface area contributed by atoms with Crippen LogP contribution in [0.2, 0.25) is 0 Å². The fraction of sp³-hybridized carbons (Fsp3) is 0.0769. The highest BCUT2D eigenvalue weighted by atomic mass is 32.2. The third kappa shape index (κ3) is 3.73. The Kier molecular flexibility index (Phi) is 3.84. The number of primary sulfonamides is 1. The van der Waals surface area contributed by atoms with E-state index in [4.69, 9.17) is 10.9 Å². The van der Waals surface area contributed by atoms with Gasteiger partial charge < -0.3 is 5.73 Å². The van der Waals surface area contributed by atoms with E-state index in [1.165, 1.54) is 23.9 Å². The van der Waals surface area contributed by atoms with Crippen LogP contribution < -0.4 is 10.9 Å². The van der Waals surface area contributed by atoms with Crippen LogP contribution in [0.1, 0.15) is 5.56 Å². The lowest BCUT2D eigenvalue weighted by molar-refractivity contribution is 0.597. The van der Waals surface area contributed by atoms with Gasteiger partial charge in [-0.2, -0.15) is 0 Å². The predicted octanol–water partition coefficient (Wildman–Crippen LogP) is 2.38. The maximum absolute atomic E-state index is 11.4. The second-order valence-electron chi connectivity index (χ2n) is 4.20. The SMILES string of the molecule is Cc1cccc(Sc2cc(N)cc(S(N)(=O)=O)c2)c1. The van der Waals surface area contributed by atoms with Crippen LogP contribution in [0.5, 0.6) is 0 Å². The molecule has 0 fully saturated rings. The first kappa shape index (κ1) is 13.9. The molecule has 4 N–H and O–H groups in total. The molecule has 0 unspecified atom stereocenters. The Balaban J connectivity index is 2.38. The molecule has 0 saturated heterocycles. The quantitative estimate of drug-likeness (QED) is 0.851. The zero-order valence-corrected chi connectivity index (χ0v) is 12.0. The Labute approximate surface area is 116 Å². The number of anilines is 1. The van der Waals surface area contributed by atoms with Crippen molar-refractivity contribution in [2.24, 2.45) is 5.14 Å². The summed E-state index contributed by atoms with van der Waals surface area (Å²) in [6.07, 6.45) is 0. The number of sulfonamides is 1. The summed E-state index contributed by atoms with van der Waals surface area (Å²) in [7, 11) is -3.74. The van der Waals surface area contributed by atoms with Gasteiger partial charge in [0.05, 0.1) is 4.90 Å². The summed E-state index contributed by atoms with van der Waals surface area (Å²) < 4.78 is 22.7. The van der Waals surface area contributed by atoms with Gasteiger partial charge >= 0.3 is 0 Å². The van der Waals surface area contributed by atoms with Gasteiger partial charge in [-0.25, -0.2) is 13.6 Å². The first-order chi connectivity index (χ1) is 8.84. The normalized spacial score (nSPS) is 11.5. The number of aryl methyl sites for hydroxylation is 1. The van der Waals surface area contributed by atoms with Crippen LogP contribution in [0.4, 0.5) is 5.69 Å². The second-order valence-corrected chi connectivity index (χ2v) is 6.91. The Bertz CT molecular complexity index is 712. The largest absolute Gasteiger partial charge is 0.399 e. The van der Waals surface area contributed by atoms with Crippen molar-refractivity contribution in [2.75, 3.05) is 5.73 Å². The van der Waals surface area contributed by atoms with E-state index in [-0.39, 0.29) is 4.90 Å². The molecular weight excluding hydrogens is 280 g/mol. The van der Waals surface area contributed by atoms with Crippen LogP contribution in [-0.4, -0.2) is 8.42 Å². The molecule has 0 saturated carbocycles. The number of hydrogen-bond donors (Lipinski definition) is 2. The molecule has 2 rings (SSSR count). The van der Waals surface area contributed by atoms with E-state index in [9.17, 15) is 8.42 Å². The van der Waals surface area contributed by atoms with E-state index < -0.39 is 10.0 Å². The monoisotopic (exact) mass is 294 g/mol. The lowest BCUT2D eigenvalue weighted by Crippen LogP contribution is -2.12. The minimum Gasteiger partial charge on any atom is -0.399 e. The zero-order valence-electron chi connectivity index (χ0n) is 10.3. The highest BCUT2D eigenvalue weighted by Crippen LogP contribution is 2.31. The minimum absolute atomic E-state index is 0.0302. The third-order valence-corrected chi connectivity index (χ3v) is 4.31. The van der Waals surface area contributed by atoms with Crippen LogP contribution in [0.25, 0.3) is 0 Å². The van der Waals surface area contributed by atoms with Gasteiger partial charge in [-0.1, -0.05) is 29.5 Å². The standard InChI is InChI=1S/C13H14N2O2S2/c1-9-3-2-4-11(5-9)18-12-6-10(14)7-13(8-12)19(15,16)17/h2-8H,14H2,1H3,(H2,15,16,17). The number of nitrogens with two attached hydrogens (primary N) is 2. The molecule has 19 heavy (non-hydrogen) atoms. The molecule has 0 aliphatic rings. The van der Waals surface area contributed by atoms with Gasteiger partial charge in [0.15, 0.2) is 0 Å². The van der Waals surface area contributed by atoms with Crippen molar-refractivity contribution < 1.29 is 8.42 Å². The van der Waals surface area contributed by atoms with Crippen LogP contribution >= 0.6 is 11.8 Å². The first-order valence-electron chi connectivity index (χ1n) is 5.52. The summed E-state index contributed by atoms with van der Waals surface area (Å²) in [4.78, 5) is 1.79. The van der Waals surface area contributed by atoms with Crippen molar-refractivity contribution in [3.63, 3.8) is 0 Å². The molecular formula is C13H14N2O2S2. The molecule has 100 valence electrons. The van der Waals surface area contributed by atoms with Gasteiger partial charge in [0.1, 0.15) is 0 Å². The molecule has 2 aromatic carbocycles. The third-order valence-electron chi connectivity index (χ3n) is 2.46. The molecule has 0 heterocycles. The van der Waals surface area contributed by atoms with Gasteiger partial charge in [-0.3, -0.25) is 0 Å². The van der Waals surface area contributed by atoms with Gasteiger partial charge in [-0.15, -0.1) is 0 Å². The summed E-state index contributed by atoms with van der Waals surface area (Å²) in [5, 5.41) is 5.12. The van der Waals surface area contributed by atoms with E-state index in [0.29, 0.717) is 5.69 Å². The van der Waals surface area contributed by atoms with Gasteiger partial charge in [-0.05, 0) is 37.3 Å². The molecule has 0 radical (unpaired) electrons. The first-order valence-corrected chi connectivity index (χ1v) is 7.89. The lowest BCUT2D eigenvalue weighted by Gasteiger charge is -2.06. The average Bonchev–Trinajstić information content (AvgIpc) is 2.26. The minimum atomic E-state index is -3.74. The molecule has 0 aromatic heterocycles. The van der Waals surface area contributed by atoms with E-state index >= 15 is 0 Å². The average molecular weight is 294 g/mol. The molecule has 0 aliphatic carbocycles. The van der Waals surface area contributed by atoms with E-state index in [0.717, 1.165) is 15.4 Å². The maximum Gasteiger partial charge on any atom is 0.238 e. The summed E-state index contributed by atoms with van der Waals surface area (Å²) in [6.45, 7) is 2.00. The number of hydrogen-bond acceptors (Lipinski definition) is 4. The Hall–Kier alpha value is -1.50. The summed E-state index contributed by atoms with van der Waals surface area (Å²) in [6, 6.07) is 12.5. The molecule has 2 aromatic rings. The fourth-order valence-corrected chi connectivity index (χ4v) is 3.34. The lowest BCUT2D eigenvalue weighted by atomic mass is 10.2. The van der Waals surface area contributed by atoms with Gasteiger partial charge in [0.2, 0.25) is 10.0 Å². The topological polar surface area (TPSA) is 86.2 Å². The van der Waals surface area contributed by atoms with Crippen LogP contribution in [0.15, 0.2) is 57.2 Å². The van der Waals surface area contributed by atoms with Crippen molar-refractivity contribution in [1.29, 1.82) is 0 Å². The fourth-order valence-electron chi connectivity index (χ4n) is 1.63. The van der Waals surface area contributed by atoms with Crippen LogP contribution in [-0.2, 0) is 10.0 Å². The van der Waals surface area contributed by atoms with E-state index in [2.05, 4.69) is 0 Å². The van der Waals surface area contributed by atoms with Crippen LogP contribution in [0, 0.1) is 6.92 Å². The van der Waals surface area contributed by atoms with Crippen molar-refractivity contribution in [1.82, 2.24) is 0 Å². The maximum atomic E-state index is 11.4. The van der Waals surface area contributed by atoms with E-state index in [1.807, 2.05) is 31.2 Å². The molecule has 6 heteroatoms. The molecule has 0 aliphatic heterocycles. The molecule has 0 bridgehead atoms. The summed E-state index contributed by atoms with van der Waals surface area (Å²) in [5.74, 6) is 0. The van der Waals surface area contributed by atoms with Crippen molar-refractivity contribution in [3.05, 3.63) is 48.0 Å². The molecule has 0 spiro atoms. The van der Waals surface area contributed by atoms with Crippen molar-refractivity contribution >= 4 is 27.5 Å². The Morgan fingerprint density at radius 1 is 1.05 bits per heavy atom. The summed E-state index contributed by atoms with van der Waals surface area (Å²) >= 11 is 1.45. The van der Waals surface area contributed by atoms with Crippen LogP contribution in [0.3, 0.4) is 0 Å². The Morgan fingerprint density at radius 3 is 2.42 bits per heavy atom. The highest BCUT2D eigenvalue weighted by Gasteiger charge is 2.10. The number of nitrogen functional groups attached to an aromatic ring is 1. The second kappa shape index (κ2) is 5.24. The van der Waals surface area contributed by atoms with E-state index in [1.54, 1.807) is 6.07 Å². The Morgan fingerprint density at radius 2 is 1.79 bits per heavy atom. The molecule has 0 amide bonds.